The third kappa shape index (κ3) is 3.73. The van der Waals surface area contributed by atoms with Crippen molar-refractivity contribution in [2.24, 2.45) is 0 Å². The number of rotatable bonds is 5. The van der Waals surface area contributed by atoms with Crippen LogP contribution in [0.15, 0.2) is 18.2 Å². The summed E-state index contributed by atoms with van der Waals surface area (Å²) >= 11 is 0. The third-order valence-corrected chi connectivity index (χ3v) is 5.51. The number of carbonyl (C=O) groups excluding carboxylic acids is 3. The Morgan fingerprint density at radius 1 is 1.26 bits per heavy atom. The number of nitrogens with zero attached hydrogens (tertiary/aromatic N) is 1. The van der Waals surface area contributed by atoms with Crippen molar-refractivity contribution in [1.82, 2.24) is 20.9 Å². The van der Waals surface area contributed by atoms with Crippen LogP contribution in [0.5, 0.6) is 0 Å². The van der Waals surface area contributed by atoms with E-state index in [0.717, 1.165) is 24.1 Å². The molecular weight excluding hydrogens is 348 g/mol. The molecule has 3 aliphatic heterocycles. The zero-order valence-corrected chi connectivity index (χ0v) is 15.0. The van der Waals surface area contributed by atoms with Crippen LogP contribution >= 0.6 is 0 Å². The zero-order chi connectivity index (χ0) is 19.0. The number of aliphatic hydroxyl groups excluding tert-OH is 1. The van der Waals surface area contributed by atoms with E-state index in [1.54, 1.807) is 4.90 Å². The van der Waals surface area contributed by atoms with E-state index < -0.39 is 6.04 Å². The molecule has 8 nitrogen and oxygen atoms in total. The first kappa shape index (κ1) is 18.1. The monoisotopic (exact) mass is 372 g/mol. The minimum absolute atomic E-state index is 0.150. The predicted octanol–water partition coefficient (Wildman–Crippen LogP) is -0.740. The van der Waals surface area contributed by atoms with E-state index >= 15 is 0 Å². The molecule has 3 atom stereocenters. The Hall–Kier alpha value is -2.29. The Bertz CT molecular complexity index is 781. The Kier molecular flexibility index (Phi) is 4.94. The van der Waals surface area contributed by atoms with Crippen molar-refractivity contribution in [3.05, 3.63) is 34.9 Å². The van der Waals surface area contributed by atoms with E-state index in [2.05, 4.69) is 16.0 Å². The van der Waals surface area contributed by atoms with Crippen molar-refractivity contribution in [1.29, 1.82) is 0 Å². The van der Waals surface area contributed by atoms with Gasteiger partial charge in [-0.1, -0.05) is 12.1 Å². The molecule has 1 aromatic rings. The second kappa shape index (κ2) is 7.38. The first-order valence-corrected chi connectivity index (χ1v) is 9.40. The van der Waals surface area contributed by atoms with Gasteiger partial charge in [-0.05, 0) is 30.0 Å². The molecule has 2 fully saturated rings. The van der Waals surface area contributed by atoms with E-state index in [1.165, 1.54) is 0 Å². The van der Waals surface area contributed by atoms with Crippen LogP contribution in [0.2, 0.25) is 0 Å². The van der Waals surface area contributed by atoms with Crippen molar-refractivity contribution >= 4 is 17.7 Å². The Morgan fingerprint density at radius 3 is 2.85 bits per heavy atom. The second-order valence-electron chi connectivity index (χ2n) is 7.52. The maximum absolute atomic E-state index is 12.7. The van der Waals surface area contributed by atoms with Crippen LogP contribution in [-0.2, 0) is 22.7 Å². The highest BCUT2D eigenvalue weighted by Crippen LogP contribution is 2.28. The topological polar surface area (TPSA) is 111 Å². The second-order valence-corrected chi connectivity index (χ2v) is 7.52. The van der Waals surface area contributed by atoms with Crippen LogP contribution < -0.4 is 16.0 Å². The molecule has 4 rings (SSSR count). The predicted molar refractivity (Wildman–Crippen MR) is 96.6 cm³/mol. The van der Waals surface area contributed by atoms with Crippen molar-refractivity contribution in [2.45, 2.75) is 50.5 Å². The molecule has 8 heteroatoms. The molecule has 144 valence electrons. The summed E-state index contributed by atoms with van der Waals surface area (Å²) in [5.41, 5.74) is 2.62. The fraction of sp³-hybridized carbons (Fsp3) is 0.526. The van der Waals surface area contributed by atoms with Crippen LogP contribution in [0.4, 0.5) is 0 Å². The van der Waals surface area contributed by atoms with Gasteiger partial charge in [-0.25, -0.2) is 0 Å². The molecule has 3 heterocycles. The van der Waals surface area contributed by atoms with Crippen molar-refractivity contribution in [2.75, 3.05) is 13.1 Å². The molecular formula is C19H24N4O4. The third-order valence-electron chi connectivity index (χ3n) is 5.51. The highest BCUT2D eigenvalue weighted by molar-refractivity contribution is 6.05. The minimum Gasteiger partial charge on any atom is -0.392 e. The fourth-order valence-electron chi connectivity index (χ4n) is 4.08. The van der Waals surface area contributed by atoms with Gasteiger partial charge in [0.15, 0.2) is 0 Å². The van der Waals surface area contributed by atoms with Gasteiger partial charge in [-0.3, -0.25) is 19.7 Å². The molecule has 4 N–H and O–H groups in total. The molecule has 1 unspecified atom stereocenters. The number of benzene rings is 1. The number of carbonyl (C=O) groups is 3. The van der Waals surface area contributed by atoms with Crippen LogP contribution in [0, 0.1) is 0 Å². The van der Waals surface area contributed by atoms with Gasteiger partial charge in [-0.2, -0.15) is 0 Å². The summed E-state index contributed by atoms with van der Waals surface area (Å²) < 4.78 is 0. The van der Waals surface area contributed by atoms with Gasteiger partial charge in [0.1, 0.15) is 6.04 Å². The molecule has 2 saturated heterocycles. The summed E-state index contributed by atoms with van der Waals surface area (Å²) in [6.45, 7) is 2.48. The number of nitrogens with one attached hydrogen (secondary N) is 3. The lowest BCUT2D eigenvalue weighted by molar-refractivity contribution is -0.136. The normalized spacial score (nSPS) is 27.8. The SMILES string of the molecule is O=C1CCC(N2Cc3cc(CNC[C@H]4C[C@H](O)CN4)ccc3C2=O)C(=O)N1. The zero-order valence-electron chi connectivity index (χ0n) is 15.0. The van der Waals surface area contributed by atoms with Gasteiger partial charge in [0.25, 0.3) is 5.91 Å². The molecule has 0 aliphatic carbocycles. The smallest absolute Gasteiger partial charge is 0.255 e. The molecule has 0 spiro atoms. The molecule has 1 aromatic carbocycles. The summed E-state index contributed by atoms with van der Waals surface area (Å²) in [6, 6.07) is 5.44. The summed E-state index contributed by atoms with van der Waals surface area (Å²) in [7, 11) is 0. The Morgan fingerprint density at radius 2 is 2.11 bits per heavy atom. The summed E-state index contributed by atoms with van der Waals surface area (Å²) in [5.74, 6) is -0.818. The number of amides is 3. The van der Waals surface area contributed by atoms with Gasteiger partial charge in [-0.15, -0.1) is 0 Å². The fourth-order valence-corrected chi connectivity index (χ4v) is 4.08. The van der Waals surface area contributed by atoms with Crippen LogP contribution in [0.1, 0.15) is 40.7 Å². The number of imide groups is 1. The summed E-state index contributed by atoms with van der Waals surface area (Å²) in [4.78, 5) is 37.6. The maximum Gasteiger partial charge on any atom is 0.255 e. The lowest BCUT2D eigenvalue weighted by Crippen LogP contribution is -2.52. The standard InChI is InChI=1S/C19H24N4O4/c24-14-6-13(21-9-14)8-20-7-11-1-2-15-12(5-11)10-23(19(15)27)16-3-4-17(25)22-18(16)26/h1-2,5,13-14,16,20-21,24H,3-4,6-10H2,(H,22,25,26)/t13-,14+,16?/m1/s1. The summed E-state index contributed by atoms with van der Waals surface area (Å²) in [6.07, 6.45) is 1.13. The number of piperidine rings is 1. The van der Waals surface area contributed by atoms with Gasteiger partial charge in [0.05, 0.1) is 6.10 Å². The quantitative estimate of drug-likeness (QED) is 0.507. The number of hydrogen-bond acceptors (Lipinski definition) is 6. The first-order chi connectivity index (χ1) is 13.0. The van der Waals surface area contributed by atoms with Gasteiger partial charge < -0.3 is 20.6 Å². The van der Waals surface area contributed by atoms with E-state index in [0.29, 0.717) is 31.6 Å². The van der Waals surface area contributed by atoms with Crippen LogP contribution in [0.25, 0.3) is 0 Å². The highest BCUT2D eigenvalue weighted by Gasteiger charge is 2.39. The van der Waals surface area contributed by atoms with E-state index in [-0.39, 0.29) is 36.3 Å². The van der Waals surface area contributed by atoms with Gasteiger partial charge in [0.2, 0.25) is 11.8 Å². The molecule has 0 saturated carbocycles. The highest BCUT2D eigenvalue weighted by atomic mass is 16.3. The van der Waals surface area contributed by atoms with E-state index in [1.807, 2.05) is 18.2 Å². The Labute approximate surface area is 157 Å². The number of hydrogen-bond donors (Lipinski definition) is 4. The lowest BCUT2D eigenvalue weighted by Gasteiger charge is -2.29. The Balaban J connectivity index is 1.37. The van der Waals surface area contributed by atoms with Crippen LogP contribution in [-0.4, -0.2) is 59.0 Å². The average Bonchev–Trinajstić information content (AvgIpc) is 3.18. The lowest BCUT2D eigenvalue weighted by atomic mass is 10.0. The minimum atomic E-state index is -0.580. The largest absolute Gasteiger partial charge is 0.392 e. The maximum atomic E-state index is 12.7. The number of β-amino-alcohol motifs (C(OH)–C–C–N with tert-alkyl or cyclic N) is 1. The summed E-state index contributed by atoms with van der Waals surface area (Å²) in [5, 5.41) is 18.5. The van der Waals surface area contributed by atoms with Crippen molar-refractivity contribution in [3.8, 4) is 0 Å². The molecule has 0 bridgehead atoms. The molecule has 0 aromatic heterocycles. The molecule has 27 heavy (non-hydrogen) atoms. The van der Waals surface area contributed by atoms with Crippen LogP contribution in [0.3, 0.4) is 0 Å². The van der Waals surface area contributed by atoms with E-state index in [9.17, 15) is 19.5 Å². The number of fused-ring (bicyclic) bond motifs is 1. The molecule has 0 radical (unpaired) electrons. The van der Waals surface area contributed by atoms with Gasteiger partial charge >= 0.3 is 0 Å². The van der Waals surface area contributed by atoms with Crippen molar-refractivity contribution < 1.29 is 19.5 Å². The first-order valence-electron chi connectivity index (χ1n) is 9.40. The average molecular weight is 372 g/mol. The van der Waals surface area contributed by atoms with E-state index in [4.69, 9.17) is 0 Å². The number of aliphatic hydroxyl groups is 1. The van der Waals surface area contributed by atoms with Crippen molar-refractivity contribution in [3.63, 3.8) is 0 Å². The molecule has 3 amide bonds. The van der Waals surface area contributed by atoms with Gasteiger partial charge in [0, 0.05) is 44.2 Å². The molecule has 3 aliphatic rings.